The number of nitrogens with zero attached hydrogens (tertiary/aromatic N) is 2. The maximum Gasteiger partial charge on any atom is 0.320 e. The number of nitrogens with two attached hydrogens (primary N) is 1. The molecule has 0 aromatic carbocycles. The molecular formula is C8H12ClN3O2. The zero-order chi connectivity index (χ0) is 10.7. The van der Waals surface area contributed by atoms with Gasteiger partial charge in [0.05, 0.1) is 16.9 Å². The van der Waals surface area contributed by atoms with Gasteiger partial charge >= 0.3 is 5.97 Å². The van der Waals surface area contributed by atoms with Crippen LogP contribution in [0.2, 0.25) is 5.02 Å². The molecule has 1 unspecified atom stereocenters. The topological polar surface area (TPSA) is 81.1 Å². The predicted octanol–water partition coefficient (Wildman–Crippen LogP) is 0.511. The molecule has 0 saturated heterocycles. The van der Waals surface area contributed by atoms with Gasteiger partial charge in [-0.15, -0.1) is 0 Å². The smallest absolute Gasteiger partial charge is 0.320 e. The van der Waals surface area contributed by atoms with Crippen LogP contribution in [0.4, 0.5) is 0 Å². The molecule has 1 rings (SSSR count). The van der Waals surface area contributed by atoms with Crippen LogP contribution >= 0.6 is 11.6 Å². The van der Waals surface area contributed by atoms with Crippen molar-refractivity contribution in [3.8, 4) is 0 Å². The summed E-state index contributed by atoms with van der Waals surface area (Å²) in [5, 5.41) is 13.1. The first-order valence-corrected chi connectivity index (χ1v) is 4.62. The van der Waals surface area contributed by atoms with Crippen LogP contribution in [0, 0.1) is 0 Å². The molecule has 0 saturated carbocycles. The average molecular weight is 218 g/mol. The normalized spacial score (nSPS) is 12.8. The molecule has 1 aromatic heterocycles. The summed E-state index contributed by atoms with van der Waals surface area (Å²) in [5.41, 5.74) is 6.07. The molecule has 0 amide bonds. The van der Waals surface area contributed by atoms with Crippen molar-refractivity contribution >= 4 is 17.6 Å². The lowest BCUT2D eigenvalue weighted by Crippen LogP contribution is -2.33. The molecule has 1 aromatic rings. The van der Waals surface area contributed by atoms with E-state index in [9.17, 15) is 4.79 Å². The van der Waals surface area contributed by atoms with Gasteiger partial charge in [0.1, 0.15) is 6.04 Å². The van der Waals surface area contributed by atoms with Gasteiger partial charge < -0.3 is 10.8 Å². The van der Waals surface area contributed by atoms with Crippen LogP contribution in [-0.4, -0.2) is 26.9 Å². The molecular weight excluding hydrogens is 206 g/mol. The number of aromatic nitrogens is 2. The maximum absolute atomic E-state index is 10.5. The summed E-state index contributed by atoms with van der Waals surface area (Å²) in [6, 6.07) is -0.936. The summed E-state index contributed by atoms with van der Waals surface area (Å²) < 4.78 is 1.64. The number of hydrogen-bond donors (Lipinski definition) is 2. The summed E-state index contributed by atoms with van der Waals surface area (Å²) in [6.07, 6.45) is 1.69. The lowest BCUT2D eigenvalue weighted by molar-refractivity contribution is -0.138. The van der Waals surface area contributed by atoms with E-state index >= 15 is 0 Å². The summed E-state index contributed by atoms with van der Waals surface area (Å²) in [6.45, 7) is 2.55. The largest absolute Gasteiger partial charge is 0.480 e. The number of aliphatic carboxylic acids is 1. The molecule has 0 aliphatic heterocycles. The standard InChI is InChI=1S/C8H12ClN3O2/c1-2-12-7(5(9)4-11-12)3-6(10)8(13)14/h4,6H,2-3,10H2,1H3,(H,13,14). The van der Waals surface area contributed by atoms with Gasteiger partial charge in [-0.25, -0.2) is 0 Å². The molecule has 14 heavy (non-hydrogen) atoms. The zero-order valence-corrected chi connectivity index (χ0v) is 8.53. The average Bonchev–Trinajstić information content (AvgIpc) is 2.47. The Morgan fingerprint density at radius 3 is 3.00 bits per heavy atom. The molecule has 1 atom stereocenters. The zero-order valence-electron chi connectivity index (χ0n) is 7.77. The molecule has 0 spiro atoms. The number of hydrogen-bond acceptors (Lipinski definition) is 3. The van der Waals surface area contributed by atoms with Crippen LogP contribution in [0.25, 0.3) is 0 Å². The van der Waals surface area contributed by atoms with E-state index < -0.39 is 12.0 Å². The van der Waals surface area contributed by atoms with Crippen molar-refractivity contribution in [1.29, 1.82) is 0 Å². The first-order chi connectivity index (χ1) is 6.56. The summed E-state index contributed by atoms with van der Waals surface area (Å²) in [4.78, 5) is 10.5. The Morgan fingerprint density at radius 1 is 1.86 bits per heavy atom. The summed E-state index contributed by atoms with van der Waals surface area (Å²) in [5.74, 6) is -1.04. The van der Waals surface area contributed by atoms with Crippen molar-refractivity contribution in [1.82, 2.24) is 9.78 Å². The Balaban J connectivity index is 2.84. The molecule has 1 heterocycles. The highest BCUT2D eigenvalue weighted by atomic mass is 35.5. The van der Waals surface area contributed by atoms with Crippen molar-refractivity contribution in [3.63, 3.8) is 0 Å². The van der Waals surface area contributed by atoms with Crippen LogP contribution in [0.15, 0.2) is 6.20 Å². The summed E-state index contributed by atoms with van der Waals surface area (Å²) >= 11 is 5.84. The lowest BCUT2D eigenvalue weighted by atomic mass is 10.2. The highest BCUT2D eigenvalue weighted by Gasteiger charge is 2.17. The monoisotopic (exact) mass is 217 g/mol. The van der Waals surface area contributed by atoms with Crippen molar-refractivity contribution in [3.05, 3.63) is 16.9 Å². The molecule has 0 radical (unpaired) electrons. The van der Waals surface area contributed by atoms with Crippen molar-refractivity contribution < 1.29 is 9.90 Å². The van der Waals surface area contributed by atoms with E-state index in [4.69, 9.17) is 22.4 Å². The van der Waals surface area contributed by atoms with Gasteiger partial charge in [0, 0.05) is 13.0 Å². The molecule has 0 aliphatic carbocycles. The Hall–Kier alpha value is -1.07. The lowest BCUT2D eigenvalue weighted by Gasteiger charge is -2.08. The first kappa shape index (κ1) is 11.0. The van der Waals surface area contributed by atoms with E-state index in [1.807, 2.05) is 6.92 Å². The van der Waals surface area contributed by atoms with Crippen LogP contribution in [0.3, 0.4) is 0 Å². The van der Waals surface area contributed by atoms with Gasteiger partial charge in [-0.1, -0.05) is 11.6 Å². The second-order valence-corrected chi connectivity index (χ2v) is 3.31. The minimum Gasteiger partial charge on any atom is -0.480 e. The Morgan fingerprint density at radius 2 is 2.50 bits per heavy atom. The highest BCUT2D eigenvalue weighted by molar-refractivity contribution is 6.31. The van der Waals surface area contributed by atoms with Gasteiger partial charge in [-0.3, -0.25) is 9.48 Å². The fourth-order valence-corrected chi connectivity index (χ4v) is 1.38. The van der Waals surface area contributed by atoms with Crippen LogP contribution in [0.5, 0.6) is 0 Å². The van der Waals surface area contributed by atoms with E-state index in [0.29, 0.717) is 17.3 Å². The van der Waals surface area contributed by atoms with Crippen molar-refractivity contribution in [2.24, 2.45) is 5.73 Å². The molecule has 0 aliphatic rings. The number of halogens is 1. The SMILES string of the molecule is CCn1ncc(Cl)c1CC(N)C(=O)O. The van der Waals surface area contributed by atoms with Gasteiger partial charge in [-0.2, -0.15) is 5.10 Å². The molecule has 5 nitrogen and oxygen atoms in total. The third-order valence-electron chi connectivity index (χ3n) is 1.93. The fraction of sp³-hybridized carbons (Fsp3) is 0.500. The number of carboxylic acid groups (broad SMARTS) is 1. The molecule has 0 fully saturated rings. The van der Waals surface area contributed by atoms with E-state index in [1.54, 1.807) is 4.68 Å². The van der Waals surface area contributed by atoms with Crippen LogP contribution < -0.4 is 5.73 Å². The second kappa shape index (κ2) is 4.43. The quantitative estimate of drug-likeness (QED) is 0.770. The van der Waals surface area contributed by atoms with Crippen LogP contribution in [0.1, 0.15) is 12.6 Å². The van der Waals surface area contributed by atoms with Gasteiger partial charge in [-0.05, 0) is 6.92 Å². The van der Waals surface area contributed by atoms with Crippen molar-refractivity contribution in [2.75, 3.05) is 0 Å². The number of rotatable bonds is 4. The second-order valence-electron chi connectivity index (χ2n) is 2.90. The number of carboxylic acids is 1. The number of carbonyl (C=O) groups is 1. The molecule has 0 bridgehead atoms. The van der Waals surface area contributed by atoms with E-state index in [-0.39, 0.29) is 6.42 Å². The fourth-order valence-electron chi connectivity index (χ4n) is 1.16. The van der Waals surface area contributed by atoms with E-state index in [1.165, 1.54) is 6.20 Å². The van der Waals surface area contributed by atoms with E-state index in [0.717, 1.165) is 0 Å². The van der Waals surface area contributed by atoms with Crippen molar-refractivity contribution in [2.45, 2.75) is 25.9 Å². The van der Waals surface area contributed by atoms with Gasteiger partial charge in [0.25, 0.3) is 0 Å². The molecule has 6 heteroatoms. The Kier molecular flexibility index (Phi) is 3.49. The highest BCUT2D eigenvalue weighted by Crippen LogP contribution is 2.16. The van der Waals surface area contributed by atoms with Crippen LogP contribution in [-0.2, 0) is 17.8 Å². The maximum atomic E-state index is 10.5. The minimum atomic E-state index is -1.04. The third-order valence-corrected chi connectivity index (χ3v) is 2.24. The Bertz CT molecular complexity index is 337. The van der Waals surface area contributed by atoms with Gasteiger partial charge in [0.2, 0.25) is 0 Å². The summed E-state index contributed by atoms with van der Waals surface area (Å²) in [7, 11) is 0. The first-order valence-electron chi connectivity index (χ1n) is 4.24. The molecule has 3 N–H and O–H groups in total. The number of aryl methyl sites for hydroxylation is 1. The molecule has 78 valence electrons. The third kappa shape index (κ3) is 2.24. The van der Waals surface area contributed by atoms with E-state index in [2.05, 4.69) is 5.10 Å². The minimum absolute atomic E-state index is 0.196. The van der Waals surface area contributed by atoms with Gasteiger partial charge in [0.15, 0.2) is 0 Å². The predicted molar refractivity (Wildman–Crippen MR) is 52.2 cm³/mol. The Labute approximate surface area is 86.5 Å².